The second kappa shape index (κ2) is 7.82. The highest BCUT2D eigenvalue weighted by Gasteiger charge is 2.05. The average Bonchev–Trinajstić information content (AvgIpc) is 2.48. The van der Waals surface area contributed by atoms with Crippen molar-refractivity contribution < 1.29 is 4.74 Å². The zero-order valence-corrected chi connectivity index (χ0v) is 12.3. The molecule has 0 aliphatic heterocycles. The molecule has 2 N–H and O–H groups in total. The van der Waals surface area contributed by atoms with E-state index in [1.807, 2.05) is 6.07 Å². The van der Waals surface area contributed by atoms with Crippen molar-refractivity contribution in [1.29, 1.82) is 0 Å². The number of fused-ring (bicyclic) bond motifs is 1. The van der Waals surface area contributed by atoms with Crippen molar-refractivity contribution in [3.8, 4) is 0 Å². The molecule has 20 heavy (non-hydrogen) atoms. The monoisotopic (exact) mass is 273 g/mol. The van der Waals surface area contributed by atoms with Crippen molar-refractivity contribution in [2.24, 2.45) is 0 Å². The quantitative estimate of drug-likeness (QED) is 0.726. The highest BCUT2D eigenvalue weighted by molar-refractivity contribution is 5.92. The maximum absolute atomic E-state index is 5.08. The Labute approximate surface area is 120 Å². The van der Waals surface area contributed by atoms with Crippen LogP contribution in [0, 0.1) is 0 Å². The molecule has 2 rings (SSSR count). The fraction of sp³-hybridized carbons (Fsp3) is 0.438. The van der Waals surface area contributed by atoms with Gasteiger partial charge in [-0.25, -0.2) is 4.98 Å². The minimum Gasteiger partial charge on any atom is -0.383 e. The Morgan fingerprint density at radius 2 is 2.05 bits per heavy atom. The molecule has 4 heteroatoms. The molecule has 0 radical (unpaired) electrons. The molecule has 0 spiro atoms. The Balaban J connectivity index is 2.21. The predicted molar refractivity (Wildman–Crippen MR) is 84.1 cm³/mol. The van der Waals surface area contributed by atoms with Gasteiger partial charge in [-0.15, -0.1) is 0 Å². The summed E-state index contributed by atoms with van der Waals surface area (Å²) in [5.41, 5.74) is 1.07. The van der Waals surface area contributed by atoms with Gasteiger partial charge in [0.1, 0.15) is 5.82 Å². The molecule has 0 unspecified atom stereocenters. The number of nitrogens with one attached hydrogen (secondary N) is 2. The smallest absolute Gasteiger partial charge is 0.134 e. The number of anilines is 1. The molecule has 0 atom stereocenters. The number of methoxy groups -OCH3 is 1. The van der Waals surface area contributed by atoms with Gasteiger partial charge in [0.25, 0.3) is 0 Å². The number of aromatic nitrogens is 1. The molecule has 0 saturated heterocycles. The lowest BCUT2D eigenvalue weighted by Gasteiger charge is -2.11. The SMILES string of the molecule is CCCNCc1cc2ccccc2c(NCCOC)n1. The Morgan fingerprint density at radius 3 is 2.85 bits per heavy atom. The van der Waals surface area contributed by atoms with Gasteiger partial charge in [-0.2, -0.15) is 0 Å². The zero-order valence-electron chi connectivity index (χ0n) is 12.3. The number of nitrogens with zero attached hydrogens (tertiary/aromatic N) is 1. The van der Waals surface area contributed by atoms with E-state index in [2.05, 4.69) is 41.8 Å². The third-order valence-electron chi connectivity index (χ3n) is 3.12. The Morgan fingerprint density at radius 1 is 1.20 bits per heavy atom. The van der Waals surface area contributed by atoms with Crippen LogP contribution in [0.1, 0.15) is 19.0 Å². The normalized spacial score (nSPS) is 10.9. The van der Waals surface area contributed by atoms with Gasteiger partial charge in [-0.05, 0) is 24.4 Å². The number of benzene rings is 1. The van der Waals surface area contributed by atoms with Crippen LogP contribution in [0.25, 0.3) is 10.8 Å². The van der Waals surface area contributed by atoms with Gasteiger partial charge >= 0.3 is 0 Å². The molecule has 0 aliphatic carbocycles. The van der Waals surface area contributed by atoms with Gasteiger partial charge in [-0.1, -0.05) is 31.2 Å². The number of pyridine rings is 1. The molecule has 0 saturated carbocycles. The molecule has 4 nitrogen and oxygen atoms in total. The third-order valence-corrected chi connectivity index (χ3v) is 3.12. The van der Waals surface area contributed by atoms with Gasteiger partial charge in [0, 0.05) is 25.6 Å². The first kappa shape index (κ1) is 14.8. The summed E-state index contributed by atoms with van der Waals surface area (Å²) < 4.78 is 5.08. The van der Waals surface area contributed by atoms with Gasteiger partial charge in [0.2, 0.25) is 0 Å². The lowest BCUT2D eigenvalue weighted by atomic mass is 10.1. The van der Waals surface area contributed by atoms with Crippen LogP contribution in [0.15, 0.2) is 30.3 Å². The Kier molecular flexibility index (Phi) is 5.77. The van der Waals surface area contributed by atoms with E-state index in [4.69, 9.17) is 9.72 Å². The van der Waals surface area contributed by atoms with Crippen LogP contribution in [0.2, 0.25) is 0 Å². The molecule has 1 heterocycles. The van der Waals surface area contributed by atoms with E-state index < -0.39 is 0 Å². The summed E-state index contributed by atoms with van der Waals surface area (Å²) in [6.45, 7) is 5.42. The van der Waals surface area contributed by atoms with Crippen molar-refractivity contribution in [3.05, 3.63) is 36.0 Å². The van der Waals surface area contributed by atoms with Gasteiger partial charge < -0.3 is 15.4 Å². The number of hydrogen-bond donors (Lipinski definition) is 2. The summed E-state index contributed by atoms with van der Waals surface area (Å²) >= 11 is 0. The summed E-state index contributed by atoms with van der Waals surface area (Å²) in [7, 11) is 1.71. The maximum Gasteiger partial charge on any atom is 0.134 e. The molecule has 0 aliphatic rings. The summed E-state index contributed by atoms with van der Waals surface area (Å²) in [5, 5.41) is 9.12. The molecule has 1 aromatic heterocycles. The van der Waals surface area contributed by atoms with Crippen LogP contribution in [-0.4, -0.2) is 31.8 Å². The van der Waals surface area contributed by atoms with E-state index in [0.29, 0.717) is 6.61 Å². The highest BCUT2D eigenvalue weighted by atomic mass is 16.5. The van der Waals surface area contributed by atoms with Crippen molar-refractivity contribution in [2.45, 2.75) is 19.9 Å². The van der Waals surface area contributed by atoms with Crippen LogP contribution >= 0.6 is 0 Å². The van der Waals surface area contributed by atoms with Crippen LogP contribution < -0.4 is 10.6 Å². The van der Waals surface area contributed by atoms with Gasteiger partial charge in [0.15, 0.2) is 0 Å². The predicted octanol–water partition coefficient (Wildman–Crippen LogP) is 2.79. The second-order valence-corrected chi connectivity index (χ2v) is 4.78. The molecule has 0 fully saturated rings. The van der Waals surface area contributed by atoms with Crippen LogP contribution in [0.5, 0.6) is 0 Å². The summed E-state index contributed by atoms with van der Waals surface area (Å²) in [5.74, 6) is 0.938. The van der Waals surface area contributed by atoms with E-state index in [9.17, 15) is 0 Å². The highest BCUT2D eigenvalue weighted by Crippen LogP contribution is 2.22. The van der Waals surface area contributed by atoms with E-state index in [-0.39, 0.29) is 0 Å². The minimum absolute atomic E-state index is 0.675. The molecule has 0 bridgehead atoms. The zero-order chi connectivity index (χ0) is 14.2. The Bertz CT molecular complexity index is 542. The van der Waals surface area contributed by atoms with Crippen molar-refractivity contribution in [1.82, 2.24) is 10.3 Å². The van der Waals surface area contributed by atoms with E-state index >= 15 is 0 Å². The average molecular weight is 273 g/mol. The van der Waals surface area contributed by atoms with Crippen molar-refractivity contribution in [2.75, 3.05) is 32.1 Å². The molecule has 0 amide bonds. The summed E-state index contributed by atoms with van der Waals surface area (Å²) in [6.07, 6.45) is 1.13. The van der Waals surface area contributed by atoms with Crippen molar-refractivity contribution >= 4 is 16.6 Å². The van der Waals surface area contributed by atoms with Crippen LogP contribution in [-0.2, 0) is 11.3 Å². The maximum atomic E-state index is 5.08. The number of hydrogen-bond acceptors (Lipinski definition) is 4. The second-order valence-electron chi connectivity index (χ2n) is 4.78. The Hall–Kier alpha value is -1.65. The third kappa shape index (κ3) is 3.92. The van der Waals surface area contributed by atoms with Crippen LogP contribution in [0.4, 0.5) is 5.82 Å². The molecular weight excluding hydrogens is 250 g/mol. The standard InChI is InChI=1S/C16H23N3O/c1-3-8-17-12-14-11-13-6-4-5-7-15(13)16(19-14)18-9-10-20-2/h4-7,11,17H,3,8-10,12H2,1-2H3,(H,18,19). The van der Waals surface area contributed by atoms with E-state index in [1.165, 1.54) is 5.39 Å². The minimum atomic E-state index is 0.675. The molecule has 108 valence electrons. The number of rotatable bonds is 8. The van der Waals surface area contributed by atoms with Crippen molar-refractivity contribution in [3.63, 3.8) is 0 Å². The van der Waals surface area contributed by atoms with Crippen LogP contribution in [0.3, 0.4) is 0 Å². The molecule has 1 aromatic carbocycles. The molecule has 2 aromatic rings. The lowest BCUT2D eigenvalue weighted by Crippen LogP contribution is -2.16. The first-order chi connectivity index (χ1) is 9.85. The van der Waals surface area contributed by atoms with Gasteiger partial charge in [-0.3, -0.25) is 0 Å². The first-order valence-corrected chi connectivity index (χ1v) is 7.17. The fourth-order valence-electron chi connectivity index (χ4n) is 2.14. The lowest BCUT2D eigenvalue weighted by molar-refractivity contribution is 0.210. The molecular formula is C16H23N3O. The summed E-state index contributed by atoms with van der Waals surface area (Å²) in [6, 6.07) is 10.5. The van der Waals surface area contributed by atoms with E-state index in [1.54, 1.807) is 7.11 Å². The van der Waals surface area contributed by atoms with E-state index in [0.717, 1.165) is 43.0 Å². The topological polar surface area (TPSA) is 46.2 Å². The largest absolute Gasteiger partial charge is 0.383 e. The fourth-order valence-corrected chi connectivity index (χ4v) is 2.14. The first-order valence-electron chi connectivity index (χ1n) is 7.17. The summed E-state index contributed by atoms with van der Waals surface area (Å²) in [4.78, 5) is 4.72. The van der Waals surface area contributed by atoms with Gasteiger partial charge in [0.05, 0.1) is 12.3 Å². The number of ether oxygens (including phenoxy) is 1.